The van der Waals surface area contributed by atoms with Crippen molar-refractivity contribution in [1.82, 2.24) is 0 Å². The monoisotopic (exact) mass is 316 g/mol. The van der Waals surface area contributed by atoms with Gasteiger partial charge in [-0.25, -0.2) is 0 Å². The Kier molecular flexibility index (Phi) is 14.0. The van der Waals surface area contributed by atoms with Crippen LogP contribution < -0.4 is 4.74 Å². The molecule has 0 heterocycles. The molecule has 6 nitrogen and oxygen atoms in total. The highest BCUT2D eigenvalue weighted by Gasteiger charge is 2.11. The number of benzene rings is 1. The molecule has 0 aromatic heterocycles. The summed E-state index contributed by atoms with van der Waals surface area (Å²) in [6.07, 6.45) is 1.77. The molecular formula is C16H28O6. The van der Waals surface area contributed by atoms with Crippen LogP contribution in [0.15, 0.2) is 30.3 Å². The Hall–Kier alpha value is -1.18. The summed E-state index contributed by atoms with van der Waals surface area (Å²) in [6, 6.07) is 8.81. The number of aliphatic hydroxyl groups is 5. The highest BCUT2D eigenvalue weighted by molar-refractivity contribution is 5.20. The second kappa shape index (κ2) is 14.7. The summed E-state index contributed by atoms with van der Waals surface area (Å²) in [7, 11) is 0. The van der Waals surface area contributed by atoms with Crippen LogP contribution in [0.4, 0.5) is 0 Å². The van der Waals surface area contributed by atoms with Crippen LogP contribution in [-0.4, -0.2) is 57.7 Å². The fraction of sp³-hybridized carbons (Fsp3) is 0.625. The van der Waals surface area contributed by atoms with E-state index in [9.17, 15) is 5.11 Å². The molecule has 0 aliphatic heterocycles. The Balaban J connectivity index is 0.000000472. The summed E-state index contributed by atoms with van der Waals surface area (Å²) in [5, 5.41) is 43.5. The van der Waals surface area contributed by atoms with Gasteiger partial charge in [-0.05, 0) is 25.0 Å². The Bertz CT molecular complexity index is 327. The minimum atomic E-state index is -1.10. The van der Waals surface area contributed by atoms with Crippen LogP contribution in [0.3, 0.4) is 0 Å². The summed E-state index contributed by atoms with van der Waals surface area (Å²) in [5.74, 6) is 0.533. The molecule has 0 saturated heterocycles. The molecule has 22 heavy (non-hydrogen) atoms. The largest absolute Gasteiger partial charge is 0.465 e. The first-order valence-electron chi connectivity index (χ1n) is 7.54. The van der Waals surface area contributed by atoms with Crippen molar-refractivity contribution in [3.05, 3.63) is 30.3 Å². The Labute approximate surface area is 131 Å². The molecule has 6 heteroatoms. The van der Waals surface area contributed by atoms with E-state index in [1.54, 1.807) is 24.3 Å². The van der Waals surface area contributed by atoms with Gasteiger partial charge in [0.15, 0.2) is 6.29 Å². The van der Waals surface area contributed by atoms with Crippen molar-refractivity contribution < 1.29 is 30.3 Å². The zero-order chi connectivity index (χ0) is 16.6. The Morgan fingerprint density at radius 3 is 1.82 bits per heavy atom. The number of para-hydroxylation sites is 1. The van der Waals surface area contributed by atoms with Gasteiger partial charge in [-0.15, -0.1) is 0 Å². The molecule has 0 radical (unpaired) electrons. The average Bonchev–Trinajstić information content (AvgIpc) is 2.53. The molecule has 0 aliphatic carbocycles. The van der Waals surface area contributed by atoms with Crippen LogP contribution in [-0.2, 0) is 0 Å². The van der Waals surface area contributed by atoms with E-state index in [1.165, 1.54) is 0 Å². The fourth-order valence-corrected chi connectivity index (χ4v) is 1.59. The second-order valence-electron chi connectivity index (χ2n) is 4.82. The molecule has 1 rings (SSSR count). The molecule has 0 saturated carbocycles. The van der Waals surface area contributed by atoms with E-state index in [1.807, 2.05) is 6.07 Å². The third-order valence-electron chi connectivity index (χ3n) is 2.77. The third kappa shape index (κ3) is 12.6. The van der Waals surface area contributed by atoms with Gasteiger partial charge < -0.3 is 30.3 Å². The Morgan fingerprint density at radius 2 is 1.36 bits per heavy atom. The van der Waals surface area contributed by atoms with Gasteiger partial charge in [0.1, 0.15) is 5.75 Å². The van der Waals surface area contributed by atoms with Gasteiger partial charge in [0.2, 0.25) is 0 Å². The maximum Gasteiger partial charge on any atom is 0.199 e. The highest BCUT2D eigenvalue weighted by Crippen LogP contribution is 2.11. The molecule has 0 spiro atoms. The predicted molar refractivity (Wildman–Crippen MR) is 83.4 cm³/mol. The maximum absolute atomic E-state index is 9.31. The lowest BCUT2D eigenvalue weighted by Gasteiger charge is -2.15. The second-order valence-corrected chi connectivity index (χ2v) is 4.82. The van der Waals surface area contributed by atoms with Gasteiger partial charge >= 0.3 is 0 Å². The van der Waals surface area contributed by atoms with Crippen molar-refractivity contribution in [2.75, 3.05) is 19.8 Å². The lowest BCUT2D eigenvalue weighted by atomic mass is 10.2. The van der Waals surface area contributed by atoms with Gasteiger partial charge in [-0.1, -0.05) is 31.0 Å². The van der Waals surface area contributed by atoms with E-state index in [4.69, 9.17) is 25.2 Å². The van der Waals surface area contributed by atoms with Crippen molar-refractivity contribution >= 4 is 0 Å². The first-order chi connectivity index (χ1) is 10.6. The molecular weight excluding hydrogens is 288 g/mol. The normalized spacial score (nSPS) is 13.0. The lowest BCUT2D eigenvalue weighted by Crippen LogP contribution is -2.25. The van der Waals surface area contributed by atoms with Gasteiger partial charge in [0.25, 0.3) is 0 Å². The molecule has 0 fully saturated rings. The van der Waals surface area contributed by atoms with Crippen molar-refractivity contribution in [2.24, 2.45) is 0 Å². The van der Waals surface area contributed by atoms with Crippen molar-refractivity contribution in [2.45, 2.75) is 44.5 Å². The molecule has 5 N–H and O–H groups in total. The quantitative estimate of drug-likeness (QED) is 0.320. The van der Waals surface area contributed by atoms with E-state index in [2.05, 4.69) is 0 Å². The van der Waals surface area contributed by atoms with Crippen LogP contribution in [0.25, 0.3) is 0 Å². The van der Waals surface area contributed by atoms with Gasteiger partial charge in [0.05, 0.1) is 12.7 Å². The van der Waals surface area contributed by atoms with Crippen LogP contribution in [0.1, 0.15) is 32.1 Å². The minimum Gasteiger partial charge on any atom is -0.465 e. The van der Waals surface area contributed by atoms with Crippen LogP contribution in [0.2, 0.25) is 0 Å². The van der Waals surface area contributed by atoms with Crippen molar-refractivity contribution in [1.29, 1.82) is 0 Å². The predicted octanol–water partition coefficient (Wildman–Crippen LogP) is 0.658. The zero-order valence-electron chi connectivity index (χ0n) is 12.8. The number of aliphatic hydroxyl groups excluding tert-OH is 5. The average molecular weight is 316 g/mol. The van der Waals surface area contributed by atoms with Crippen LogP contribution >= 0.6 is 0 Å². The molecule has 2 atom stereocenters. The first-order valence-corrected chi connectivity index (χ1v) is 7.54. The van der Waals surface area contributed by atoms with E-state index in [0.717, 1.165) is 25.7 Å². The van der Waals surface area contributed by atoms with Gasteiger partial charge in [-0.3, -0.25) is 0 Å². The summed E-state index contributed by atoms with van der Waals surface area (Å²) in [4.78, 5) is 0. The standard InChI is InChI=1S/C10H14O4.C6H14O2/c11-7-8(12)6-10(13)14-9-4-2-1-3-5-9;7-5-3-1-2-4-6-8/h1-5,8,10-13H,6-7H2;7-8H,1-6H2. The molecule has 0 aliphatic rings. The number of unbranched alkanes of at least 4 members (excludes halogenated alkanes) is 3. The van der Waals surface area contributed by atoms with E-state index >= 15 is 0 Å². The molecule has 128 valence electrons. The third-order valence-corrected chi connectivity index (χ3v) is 2.77. The maximum atomic E-state index is 9.31. The van der Waals surface area contributed by atoms with Crippen molar-refractivity contribution in [3.63, 3.8) is 0 Å². The van der Waals surface area contributed by atoms with Gasteiger partial charge in [0, 0.05) is 19.6 Å². The number of rotatable bonds is 10. The Morgan fingerprint density at radius 1 is 0.818 bits per heavy atom. The zero-order valence-corrected chi connectivity index (χ0v) is 12.8. The van der Waals surface area contributed by atoms with Crippen molar-refractivity contribution in [3.8, 4) is 5.75 Å². The SMILES string of the molecule is OCC(O)CC(O)Oc1ccccc1.OCCCCCCO. The van der Waals surface area contributed by atoms with Crippen LogP contribution in [0.5, 0.6) is 5.75 Å². The topological polar surface area (TPSA) is 110 Å². The number of ether oxygens (including phenoxy) is 1. The summed E-state index contributed by atoms with van der Waals surface area (Å²) in [5.41, 5.74) is 0. The molecule has 1 aromatic rings. The summed E-state index contributed by atoms with van der Waals surface area (Å²) < 4.78 is 5.07. The summed E-state index contributed by atoms with van der Waals surface area (Å²) in [6.45, 7) is 0.187. The van der Waals surface area contributed by atoms with E-state index in [0.29, 0.717) is 5.75 Å². The summed E-state index contributed by atoms with van der Waals surface area (Å²) >= 11 is 0. The first kappa shape index (κ1) is 20.8. The molecule has 0 bridgehead atoms. The lowest BCUT2D eigenvalue weighted by molar-refractivity contribution is -0.0592. The minimum absolute atomic E-state index is 0.00854. The van der Waals surface area contributed by atoms with E-state index < -0.39 is 12.4 Å². The van der Waals surface area contributed by atoms with E-state index in [-0.39, 0.29) is 26.2 Å². The highest BCUT2D eigenvalue weighted by atomic mass is 16.6. The van der Waals surface area contributed by atoms with Gasteiger partial charge in [-0.2, -0.15) is 0 Å². The molecule has 2 unspecified atom stereocenters. The number of hydrogen-bond acceptors (Lipinski definition) is 6. The molecule has 1 aromatic carbocycles. The fourth-order valence-electron chi connectivity index (χ4n) is 1.59. The smallest absolute Gasteiger partial charge is 0.199 e. The molecule has 0 amide bonds. The van der Waals surface area contributed by atoms with Crippen LogP contribution in [0, 0.1) is 0 Å². The number of hydrogen-bond donors (Lipinski definition) is 5.